The van der Waals surface area contributed by atoms with Crippen LogP contribution in [0.5, 0.6) is 0 Å². The van der Waals surface area contributed by atoms with Crippen molar-refractivity contribution in [1.29, 1.82) is 5.26 Å². The minimum Gasteiger partial charge on any atom is -0.356 e. The Morgan fingerprint density at radius 2 is 2.23 bits per heavy atom. The quantitative estimate of drug-likeness (QED) is 0.713. The summed E-state index contributed by atoms with van der Waals surface area (Å²) in [5, 5.41) is 17.9. The van der Waals surface area contributed by atoms with E-state index in [1.165, 1.54) is 0 Å². The summed E-state index contributed by atoms with van der Waals surface area (Å²) < 4.78 is 4.07. The fourth-order valence-electron chi connectivity index (χ4n) is 3.47. The van der Waals surface area contributed by atoms with Crippen LogP contribution in [0.15, 0.2) is 36.9 Å². The van der Waals surface area contributed by atoms with E-state index >= 15 is 0 Å². The van der Waals surface area contributed by atoms with Crippen molar-refractivity contribution in [2.45, 2.75) is 25.3 Å². The highest BCUT2D eigenvalue weighted by molar-refractivity contribution is 5.42. The molecule has 0 spiro atoms. The summed E-state index contributed by atoms with van der Waals surface area (Å²) in [4.78, 5) is 10.7. The Bertz CT molecular complexity index is 921. The van der Waals surface area contributed by atoms with Gasteiger partial charge in [0.1, 0.15) is 23.4 Å². The third-order valence-corrected chi connectivity index (χ3v) is 4.84. The molecular weight excluding hydrogens is 328 g/mol. The van der Waals surface area contributed by atoms with Crippen molar-refractivity contribution in [2.24, 2.45) is 7.05 Å². The van der Waals surface area contributed by atoms with E-state index in [0.29, 0.717) is 18.2 Å². The van der Waals surface area contributed by atoms with Gasteiger partial charge in [0.2, 0.25) is 0 Å². The first-order valence-corrected chi connectivity index (χ1v) is 8.70. The molecule has 26 heavy (non-hydrogen) atoms. The molecule has 1 aliphatic heterocycles. The Morgan fingerprint density at radius 3 is 3.04 bits per heavy atom. The molecule has 0 radical (unpaired) electrons. The molecule has 4 rings (SSSR count). The molecule has 0 bridgehead atoms. The Morgan fingerprint density at radius 1 is 1.31 bits per heavy atom. The number of piperidine rings is 1. The van der Waals surface area contributed by atoms with Crippen molar-refractivity contribution in [3.05, 3.63) is 54.3 Å². The highest BCUT2D eigenvalue weighted by Crippen LogP contribution is 2.28. The van der Waals surface area contributed by atoms with Crippen molar-refractivity contribution in [3.63, 3.8) is 0 Å². The maximum absolute atomic E-state index is 9.08. The lowest BCUT2D eigenvalue weighted by molar-refractivity contribution is 0.475. The van der Waals surface area contributed by atoms with Crippen molar-refractivity contribution >= 4 is 5.82 Å². The van der Waals surface area contributed by atoms with Crippen molar-refractivity contribution < 1.29 is 0 Å². The molecule has 0 aromatic carbocycles. The third kappa shape index (κ3) is 3.16. The first-order valence-electron chi connectivity index (χ1n) is 8.70. The minimum absolute atomic E-state index is 0.297. The smallest absolute Gasteiger partial charge is 0.152 e. The third-order valence-electron chi connectivity index (χ3n) is 4.84. The maximum Gasteiger partial charge on any atom is 0.152 e. The van der Waals surface area contributed by atoms with Gasteiger partial charge in [-0.3, -0.25) is 0 Å². The Balaban J connectivity index is 1.53. The molecule has 0 amide bonds. The molecule has 8 heteroatoms. The number of imidazole rings is 1. The average Bonchev–Trinajstić information content (AvgIpc) is 3.33. The van der Waals surface area contributed by atoms with Crippen LogP contribution in [0.2, 0.25) is 0 Å². The fourth-order valence-corrected chi connectivity index (χ4v) is 3.47. The first-order chi connectivity index (χ1) is 12.7. The Hall–Kier alpha value is -3.21. The van der Waals surface area contributed by atoms with E-state index in [9.17, 15) is 0 Å². The van der Waals surface area contributed by atoms with E-state index < -0.39 is 0 Å². The molecule has 0 saturated carbocycles. The molecule has 4 heterocycles. The van der Waals surface area contributed by atoms with Crippen LogP contribution in [-0.2, 0) is 13.6 Å². The number of pyridine rings is 1. The normalized spacial score (nSPS) is 17.2. The van der Waals surface area contributed by atoms with E-state index in [0.717, 1.165) is 43.4 Å². The summed E-state index contributed by atoms with van der Waals surface area (Å²) in [6.45, 7) is 2.43. The van der Waals surface area contributed by atoms with Crippen LogP contribution in [-0.4, -0.2) is 42.4 Å². The lowest BCUT2D eigenvalue weighted by Crippen LogP contribution is -2.36. The summed E-state index contributed by atoms with van der Waals surface area (Å²) in [5.41, 5.74) is 0.450. The van der Waals surface area contributed by atoms with Gasteiger partial charge < -0.3 is 14.0 Å². The molecular formula is C18H20N8. The summed E-state index contributed by atoms with van der Waals surface area (Å²) in [6, 6.07) is 7.69. The van der Waals surface area contributed by atoms with Crippen LogP contribution in [0.4, 0.5) is 5.82 Å². The Labute approximate surface area is 151 Å². The Kier molecular flexibility index (Phi) is 4.35. The molecule has 3 aromatic rings. The number of anilines is 1. The zero-order valence-corrected chi connectivity index (χ0v) is 14.7. The van der Waals surface area contributed by atoms with Crippen LogP contribution >= 0.6 is 0 Å². The molecule has 0 unspecified atom stereocenters. The van der Waals surface area contributed by atoms with Crippen LogP contribution in [0, 0.1) is 11.3 Å². The van der Waals surface area contributed by atoms with Crippen molar-refractivity contribution in [3.8, 4) is 6.07 Å². The number of rotatable bonds is 4. The average molecular weight is 348 g/mol. The van der Waals surface area contributed by atoms with Gasteiger partial charge in [0.15, 0.2) is 5.82 Å². The molecule has 3 aromatic heterocycles. The van der Waals surface area contributed by atoms with Gasteiger partial charge in [-0.1, -0.05) is 6.07 Å². The molecule has 1 saturated heterocycles. The maximum atomic E-state index is 9.08. The lowest BCUT2D eigenvalue weighted by Gasteiger charge is -2.33. The summed E-state index contributed by atoms with van der Waals surface area (Å²) in [7, 11) is 2.02. The van der Waals surface area contributed by atoms with Crippen molar-refractivity contribution in [2.75, 3.05) is 18.0 Å². The molecule has 1 aliphatic rings. The largest absolute Gasteiger partial charge is 0.356 e. The lowest BCUT2D eigenvalue weighted by atomic mass is 9.97. The number of nitrogens with zero attached hydrogens (tertiary/aromatic N) is 8. The molecule has 8 nitrogen and oxygen atoms in total. The van der Waals surface area contributed by atoms with Gasteiger partial charge in [0.05, 0.1) is 12.9 Å². The number of hydrogen-bond acceptors (Lipinski definition) is 6. The van der Waals surface area contributed by atoms with Crippen LogP contribution < -0.4 is 4.90 Å². The fraction of sp³-hybridized carbons (Fsp3) is 0.389. The zero-order valence-electron chi connectivity index (χ0n) is 14.7. The SMILES string of the molecule is Cn1c(Cn2ccnc2)nnc1[C@H]1CCCN(c2cccc(C#N)n2)C1. The van der Waals surface area contributed by atoms with E-state index in [2.05, 4.69) is 35.7 Å². The second-order valence-electron chi connectivity index (χ2n) is 6.55. The topological polar surface area (TPSA) is 88.5 Å². The number of hydrogen-bond donors (Lipinski definition) is 0. The van der Waals surface area contributed by atoms with Crippen LogP contribution in [0.1, 0.15) is 36.1 Å². The van der Waals surface area contributed by atoms with Gasteiger partial charge in [-0.05, 0) is 25.0 Å². The van der Waals surface area contributed by atoms with Gasteiger partial charge in [0, 0.05) is 38.4 Å². The van der Waals surface area contributed by atoms with Gasteiger partial charge in [-0.2, -0.15) is 5.26 Å². The summed E-state index contributed by atoms with van der Waals surface area (Å²) in [6.07, 6.45) is 7.60. The first kappa shape index (κ1) is 16.3. The van der Waals surface area contributed by atoms with E-state index in [1.807, 2.05) is 29.9 Å². The number of nitriles is 1. The van der Waals surface area contributed by atoms with Gasteiger partial charge in [-0.25, -0.2) is 9.97 Å². The van der Waals surface area contributed by atoms with E-state index in [-0.39, 0.29) is 0 Å². The predicted octanol–water partition coefficient (Wildman–Crippen LogP) is 1.71. The second-order valence-corrected chi connectivity index (χ2v) is 6.55. The second kappa shape index (κ2) is 6.96. The molecule has 1 fully saturated rings. The van der Waals surface area contributed by atoms with Crippen LogP contribution in [0.3, 0.4) is 0 Å². The summed E-state index contributed by atoms with van der Waals surface area (Å²) >= 11 is 0. The predicted molar refractivity (Wildman–Crippen MR) is 95.5 cm³/mol. The number of aromatic nitrogens is 6. The standard InChI is InChI=1S/C18H20N8/c1-24-17(12-25-9-7-20-13-25)22-23-18(24)14-4-3-8-26(11-14)16-6-2-5-15(10-19)21-16/h2,5-7,9,13-14H,3-4,8,11-12H2,1H3/t14-/m0/s1. The highest BCUT2D eigenvalue weighted by Gasteiger charge is 2.26. The molecule has 0 N–H and O–H groups in total. The van der Waals surface area contributed by atoms with Crippen LogP contribution in [0.25, 0.3) is 0 Å². The molecule has 0 aliphatic carbocycles. The van der Waals surface area contributed by atoms with E-state index in [1.54, 1.807) is 18.6 Å². The monoisotopic (exact) mass is 348 g/mol. The van der Waals surface area contributed by atoms with Crippen molar-refractivity contribution in [1.82, 2.24) is 29.3 Å². The highest BCUT2D eigenvalue weighted by atomic mass is 15.3. The van der Waals surface area contributed by atoms with Gasteiger partial charge >= 0.3 is 0 Å². The minimum atomic E-state index is 0.297. The van der Waals surface area contributed by atoms with E-state index in [4.69, 9.17) is 5.26 Å². The van der Waals surface area contributed by atoms with Gasteiger partial charge in [-0.15, -0.1) is 10.2 Å². The zero-order chi connectivity index (χ0) is 17.9. The summed E-state index contributed by atoms with van der Waals surface area (Å²) in [5.74, 6) is 3.07. The molecule has 1 atom stereocenters. The molecule has 132 valence electrons. The van der Waals surface area contributed by atoms with Gasteiger partial charge in [0.25, 0.3) is 0 Å².